The summed E-state index contributed by atoms with van der Waals surface area (Å²) in [5, 5.41) is 14.6. The number of aromatic nitrogens is 1. The maximum atomic E-state index is 9.11. The molecule has 4 rings (SSSR count). The van der Waals surface area contributed by atoms with Crippen LogP contribution in [0, 0.1) is 18.3 Å². The minimum atomic E-state index is 0.666. The van der Waals surface area contributed by atoms with E-state index in [1.165, 1.54) is 20.5 Å². The number of thiazole rings is 1. The van der Waals surface area contributed by atoms with Crippen LogP contribution in [0.2, 0.25) is 0 Å². The predicted molar refractivity (Wildman–Crippen MR) is 117 cm³/mol. The topological polar surface area (TPSA) is 39.9 Å². The van der Waals surface area contributed by atoms with E-state index >= 15 is 0 Å². The molecule has 2 aromatic heterocycles. The highest BCUT2D eigenvalue weighted by Crippen LogP contribution is 2.37. The Morgan fingerprint density at radius 3 is 2.67 bits per heavy atom. The van der Waals surface area contributed by atoms with E-state index in [0.717, 1.165) is 22.4 Å². The quantitative estimate of drug-likeness (QED) is 0.350. The van der Waals surface area contributed by atoms with E-state index in [0.29, 0.717) is 5.56 Å². The average Bonchev–Trinajstić information content (AvgIpc) is 3.33. The Morgan fingerprint density at radius 1 is 1.15 bits per heavy atom. The second-order valence-electron chi connectivity index (χ2n) is 6.06. The third-order valence-electron chi connectivity index (χ3n) is 4.36. The van der Waals surface area contributed by atoms with E-state index < -0.39 is 0 Å². The molecule has 2 heterocycles. The number of fused-ring (bicyclic) bond motifs is 1. The van der Waals surface area contributed by atoms with Gasteiger partial charge in [-0.15, -0.1) is 34.4 Å². The standard InChI is InChI=1S/C21H17N3S3/c1-14-20(25-2)23-21(27-14)24(18-8-6-15(12-22)7-9-18)13-17-5-3-4-16-10-11-26-19(16)17/h3-11H,13H2,1-2H3. The zero-order valence-corrected chi connectivity index (χ0v) is 17.4. The van der Waals surface area contributed by atoms with E-state index in [-0.39, 0.29) is 0 Å². The molecule has 6 heteroatoms. The summed E-state index contributed by atoms with van der Waals surface area (Å²) in [6.07, 6.45) is 2.06. The number of thiophene rings is 1. The van der Waals surface area contributed by atoms with Crippen molar-refractivity contribution in [2.45, 2.75) is 18.5 Å². The Hall–Kier alpha value is -2.33. The van der Waals surface area contributed by atoms with Gasteiger partial charge in [-0.25, -0.2) is 4.98 Å². The molecule has 0 bridgehead atoms. The molecule has 0 N–H and O–H groups in total. The number of hydrogen-bond acceptors (Lipinski definition) is 6. The molecule has 0 aliphatic heterocycles. The molecule has 0 aliphatic carbocycles. The molecule has 0 aliphatic rings. The lowest BCUT2D eigenvalue weighted by atomic mass is 10.1. The van der Waals surface area contributed by atoms with Crippen molar-refractivity contribution in [2.24, 2.45) is 0 Å². The third kappa shape index (κ3) is 3.59. The molecular weight excluding hydrogens is 390 g/mol. The first-order chi connectivity index (χ1) is 13.2. The fourth-order valence-corrected chi connectivity index (χ4v) is 5.64. The minimum absolute atomic E-state index is 0.666. The van der Waals surface area contributed by atoms with Crippen LogP contribution in [0.15, 0.2) is 58.9 Å². The molecule has 27 heavy (non-hydrogen) atoms. The Bertz CT molecular complexity index is 1120. The van der Waals surface area contributed by atoms with Crippen molar-refractivity contribution in [1.82, 2.24) is 4.98 Å². The summed E-state index contributed by atoms with van der Waals surface area (Å²) in [6.45, 7) is 2.86. The number of nitriles is 1. The van der Waals surface area contributed by atoms with Crippen LogP contribution in [-0.4, -0.2) is 11.2 Å². The first-order valence-electron chi connectivity index (χ1n) is 8.44. The van der Waals surface area contributed by atoms with Gasteiger partial charge >= 0.3 is 0 Å². The molecule has 0 saturated heterocycles. The Kier molecular flexibility index (Phi) is 5.17. The minimum Gasteiger partial charge on any atom is -0.313 e. The molecule has 3 nitrogen and oxygen atoms in total. The predicted octanol–water partition coefficient (Wildman–Crippen LogP) is 6.60. The lowest BCUT2D eigenvalue weighted by Gasteiger charge is -2.22. The lowest BCUT2D eigenvalue weighted by Crippen LogP contribution is -2.16. The molecular formula is C21H17N3S3. The van der Waals surface area contributed by atoms with Crippen LogP contribution in [-0.2, 0) is 6.54 Å². The number of nitrogens with zero attached hydrogens (tertiary/aromatic N) is 3. The van der Waals surface area contributed by atoms with Gasteiger partial charge in [0.15, 0.2) is 5.13 Å². The highest BCUT2D eigenvalue weighted by Gasteiger charge is 2.18. The Balaban J connectivity index is 1.79. The second kappa shape index (κ2) is 7.73. The van der Waals surface area contributed by atoms with Crippen molar-refractivity contribution >= 4 is 55.3 Å². The van der Waals surface area contributed by atoms with Crippen molar-refractivity contribution in [3.63, 3.8) is 0 Å². The SMILES string of the molecule is CSc1nc(N(Cc2cccc3ccsc23)c2ccc(C#N)cc2)sc1C. The molecule has 0 fully saturated rings. The van der Waals surface area contributed by atoms with Crippen molar-refractivity contribution in [1.29, 1.82) is 5.26 Å². The Morgan fingerprint density at radius 2 is 1.96 bits per heavy atom. The molecule has 0 saturated carbocycles. The van der Waals surface area contributed by atoms with Crippen LogP contribution in [0.4, 0.5) is 10.8 Å². The van der Waals surface area contributed by atoms with Gasteiger partial charge in [0.25, 0.3) is 0 Å². The smallest absolute Gasteiger partial charge is 0.191 e. The van der Waals surface area contributed by atoms with Crippen molar-refractivity contribution in [3.8, 4) is 6.07 Å². The van der Waals surface area contributed by atoms with Crippen molar-refractivity contribution < 1.29 is 0 Å². The number of aryl methyl sites for hydroxylation is 1. The highest BCUT2D eigenvalue weighted by molar-refractivity contribution is 7.98. The molecule has 0 unspecified atom stereocenters. The van der Waals surface area contributed by atoms with Crippen LogP contribution >= 0.6 is 34.4 Å². The van der Waals surface area contributed by atoms with E-state index in [1.54, 1.807) is 34.4 Å². The van der Waals surface area contributed by atoms with Crippen LogP contribution in [0.1, 0.15) is 16.0 Å². The monoisotopic (exact) mass is 407 g/mol. The van der Waals surface area contributed by atoms with E-state index in [2.05, 4.69) is 53.8 Å². The maximum Gasteiger partial charge on any atom is 0.191 e. The first kappa shape index (κ1) is 18.1. The lowest BCUT2D eigenvalue weighted by molar-refractivity contribution is 0.960. The van der Waals surface area contributed by atoms with Crippen molar-refractivity contribution in [3.05, 3.63) is 69.9 Å². The highest BCUT2D eigenvalue weighted by atomic mass is 32.2. The molecule has 4 aromatic rings. The van der Waals surface area contributed by atoms with E-state index in [4.69, 9.17) is 10.2 Å². The largest absolute Gasteiger partial charge is 0.313 e. The van der Waals surface area contributed by atoms with Crippen LogP contribution in [0.5, 0.6) is 0 Å². The van der Waals surface area contributed by atoms with Gasteiger partial charge < -0.3 is 4.90 Å². The first-order valence-corrected chi connectivity index (χ1v) is 11.4. The second-order valence-corrected chi connectivity index (χ2v) is 8.96. The van der Waals surface area contributed by atoms with Gasteiger partial charge in [0, 0.05) is 15.3 Å². The van der Waals surface area contributed by atoms with Crippen LogP contribution in [0.25, 0.3) is 10.1 Å². The summed E-state index contributed by atoms with van der Waals surface area (Å²) in [5.74, 6) is 0. The van der Waals surface area contributed by atoms with Crippen molar-refractivity contribution in [2.75, 3.05) is 11.2 Å². The molecule has 0 spiro atoms. The van der Waals surface area contributed by atoms with Crippen LogP contribution < -0.4 is 4.90 Å². The fourth-order valence-electron chi connectivity index (χ4n) is 3.01. The van der Waals surface area contributed by atoms with Gasteiger partial charge in [0.2, 0.25) is 0 Å². The van der Waals surface area contributed by atoms with Gasteiger partial charge in [-0.3, -0.25) is 0 Å². The maximum absolute atomic E-state index is 9.11. The Labute approximate surface area is 170 Å². The summed E-state index contributed by atoms with van der Waals surface area (Å²) >= 11 is 5.16. The number of rotatable bonds is 5. The molecule has 134 valence electrons. The van der Waals surface area contributed by atoms with Gasteiger partial charge in [-0.2, -0.15) is 5.26 Å². The van der Waals surface area contributed by atoms with Gasteiger partial charge in [-0.1, -0.05) is 18.2 Å². The summed E-state index contributed by atoms with van der Waals surface area (Å²) < 4.78 is 1.31. The van der Waals surface area contributed by atoms with Gasteiger partial charge in [0.1, 0.15) is 5.03 Å². The summed E-state index contributed by atoms with van der Waals surface area (Å²) in [4.78, 5) is 8.33. The van der Waals surface area contributed by atoms with E-state index in [9.17, 15) is 0 Å². The normalized spacial score (nSPS) is 10.9. The number of hydrogen-bond donors (Lipinski definition) is 0. The average molecular weight is 408 g/mol. The molecule has 0 radical (unpaired) electrons. The third-order valence-corrected chi connectivity index (χ3v) is 7.28. The zero-order chi connectivity index (χ0) is 18.8. The summed E-state index contributed by atoms with van der Waals surface area (Å²) in [5.41, 5.74) is 2.99. The van der Waals surface area contributed by atoms with Gasteiger partial charge in [0.05, 0.1) is 18.2 Å². The number of thioether (sulfide) groups is 1. The molecule has 0 atom stereocenters. The zero-order valence-electron chi connectivity index (χ0n) is 15.0. The number of benzene rings is 2. The van der Waals surface area contributed by atoms with Crippen LogP contribution in [0.3, 0.4) is 0 Å². The van der Waals surface area contributed by atoms with E-state index in [1.807, 2.05) is 24.3 Å². The van der Waals surface area contributed by atoms with Gasteiger partial charge in [-0.05, 0) is 59.8 Å². The summed E-state index contributed by atoms with van der Waals surface area (Å²) in [6, 6.07) is 18.5. The number of anilines is 2. The molecule has 2 aromatic carbocycles. The summed E-state index contributed by atoms with van der Waals surface area (Å²) in [7, 11) is 0. The fraction of sp³-hybridized carbons (Fsp3) is 0.143. The molecule has 0 amide bonds.